The number of likely N-dealkylation sites (tertiary alicyclic amines) is 1. The molecule has 0 radical (unpaired) electrons. The lowest BCUT2D eigenvalue weighted by Crippen LogP contribution is -2.73. The maximum absolute atomic E-state index is 5.29. The van der Waals surface area contributed by atoms with Crippen molar-refractivity contribution in [1.82, 2.24) is 10.2 Å². The van der Waals surface area contributed by atoms with Gasteiger partial charge in [-0.1, -0.05) is 20.8 Å². The molecule has 0 amide bonds. The maximum Gasteiger partial charge on any atom is 0.194 e. The van der Waals surface area contributed by atoms with Crippen LogP contribution in [-0.2, 0) is 4.74 Å². The summed E-state index contributed by atoms with van der Waals surface area (Å²) in [6.45, 7) is 15.2. The van der Waals surface area contributed by atoms with Crippen LogP contribution in [0.1, 0.15) is 34.6 Å². The molecule has 0 aromatic heterocycles. The van der Waals surface area contributed by atoms with Gasteiger partial charge in [0.25, 0.3) is 0 Å². The maximum atomic E-state index is 5.29. The Kier molecular flexibility index (Phi) is 4.83. The quantitative estimate of drug-likeness (QED) is 0.453. The van der Waals surface area contributed by atoms with Crippen molar-refractivity contribution in [1.29, 1.82) is 0 Å². The summed E-state index contributed by atoms with van der Waals surface area (Å²) in [5, 5.41) is 3.50. The van der Waals surface area contributed by atoms with Gasteiger partial charge in [-0.2, -0.15) is 0 Å². The molecule has 5 heteroatoms. The van der Waals surface area contributed by atoms with Crippen LogP contribution in [0.4, 0.5) is 0 Å². The molecular weight excluding hydrogens is 353 g/mol. The van der Waals surface area contributed by atoms with Crippen molar-refractivity contribution in [2.24, 2.45) is 15.8 Å². The standard InChI is InChI=1S/C14H27N3O.HI/c1-12(2)8-17(13(12,3)4)11(15-6)16-7-14(5)9-18-10-14;/h7-10H2,1-6H3,(H,15,16);1H. The molecule has 2 fully saturated rings. The second kappa shape index (κ2) is 5.39. The molecule has 0 bridgehead atoms. The molecule has 2 aliphatic rings. The van der Waals surface area contributed by atoms with Gasteiger partial charge in [0.05, 0.1) is 13.2 Å². The lowest BCUT2D eigenvalue weighted by atomic mass is 9.65. The van der Waals surface area contributed by atoms with Gasteiger partial charge in [-0.3, -0.25) is 4.99 Å². The van der Waals surface area contributed by atoms with E-state index in [1.54, 1.807) is 0 Å². The number of guanidine groups is 1. The minimum atomic E-state index is 0. The van der Waals surface area contributed by atoms with Crippen LogP contribution in [0.3, 0.4) is 0 Å². The molecule has 0 atom stereocenters. The summed E-state index contributed by atoms with van der Waals surface area (Å²) >= 11 is 0. The van der Waals surface area contributed by atoms with Gasteiger partial charge < -0.3 is 15.0 Å². The summed E-state index contributed by atoms with van der Waals surface area (Å²) in [5.74, 6) is 1.02. The van der Waals surface area contributed by atoms with Crippen molar-refractivity contribution in [3.63, 3.8) is 0 Å². The number of halogens is 1. The van der Waals surface area contributed by atoms with Crippen molar-refractivity contribution in [3.8, 4) is 0 Å². The van der Waals surface area contributed by atoms with Gasteiger partial charge in [-0.25, -0.2) is 0 Å². The summed E-state index contributed by atoms with van der Waals surface area (Å²) in [6.07, 6.45) is 0. The molecule has 4 nitrogen and oxygen atoms in total. The second-order valence-electron chi connectivity index (χ2n) is 7.23. The molecule has 112 valence electrons. The van der Waals surface area contributed by atoms with Crippen molar-refractivity contribution < 1.29 is 4.74 Å². The number of hydrogen-bond acceptors (Lipinski definition) is 2. The fourth-order valence-corrected chi connectivity index (χ4v) is 2.54. The largest absolute Gasteiger partial charge is 0.380 e. The van der Waals surface area contributed by atoms with E-state index in [4.69, 9.17) is 4.74 Å². The predicted octanol–water partition coefficient (Wildman–Crippen LogP) is 2.34. The summed E-state index contributed by atoms with van der Waals surface area (Å²) < 4.78 is 5.29. The third-order valence-electron chi connectivity index (χ3n) is 4.93. The van der Waals surface area contributed by atoms with Crippen LogP contribution in [0.25, 0.3) is 0 Å². The lowest BCUT2D eigenvalue weighted by Gasteiger charge is -2.62. The van der Waals surface area contributed by atoms with E-state index in [-0.39, 0.29) is 34.9 Å². The Morgan fingerprint density at radius 3 is 2.11 bits per heavy atom. The first kappa shape index (κ1) is 17.0. The Morgan fingerprint density at radius 2 is 1.79 bits per heavy atom. The Hall–Kier alpha value is -0.0400. The van der Waals surface area contributed by atoms with E-state index in [9.17, 15) is 0 Å². The van der Waals surface area contributed by atoms with Gasteiger partial charge >= 0.3 is 0 Å². The predicted molar refractivity (Wildman–Crippen MR) is 90.3 cm³/mol. The van der Waals surface area contributed by atoms with Gasteiger partial charge in [-0.15, -0.1) is 24.0 Å². The highest BCUT2D eigenvalue weighted by Gasteiger charge is 2.53. The van der Waals surface area contributed by atoms with Crippen molar-refractivity contribution in [2.75, 3.05) is 33.4 Å². The summed E-state index contributed by atoms with van der Waals surface area (Å²) in [5.41, 5.74) is 0.778. The molecule has 2 aliphatic heterocycles. The third kappa shape index (κ3) is 2.86. The van der Waals surface area contributed by atoms with E-state index in [2.05, 4.69) is 49.8 Å². The van der Waals surface area contributed by atoms with Crippen LogP contribution < -0.4 is 5.32 Å². The summed E-state index contributed by atoms with van der Waals surface area (Å²) in [6, 6.07) is 0. The van der Waals surface area contributed by atoms with Crippen LogP contribution in [0.2, 0.25) is 0 Å². The number of nitrogens with zero attached hydrogens (tertiary/aromatic N) is 2. The average Bonchev–Trinajstić information content (AvgIpc) is 2.26. The monoisotopic (exact) mass is 381 g/mol. The molecule has 0 saturated carbocycles. The van der Waals surface area contributed by atoms with Crippen molar-refractivity contribution in [2.45, 2.75) is 40.2 Å². The molecule has 0 aromatic rings. The van der Waals surface area contributed by atoms with Gasteiger partial charge in [0.2, 0.25) is 0 Å². The summed E-state index contributed by atoms with van der Waals surface area (Å²) in [4.78, 5) is 6.79. The Bertz CT molecular complexity index is 362. The third-order valence-corrected chi connectivity index (χ3v) is 4.93. The van der Waals surface area contributed by atoms with Crippen LogP contribution in [0.15, 0.2) is 4.99 Å². The number of aliphatic imine (C=N–C) groups is 1. The molecule has 2 heterocycles. The van der Waals surface area contributed by atoms with E-state index in [0.717, 1.165) is 32.3 Å². The topological polar surface area (TPSA) is 36.9 Å². The SMILES string of the molecule is CN=C(NCC1(C)COC1)N1CC(C)(C)C1(C)C.I. The average molecular weight is 381 g/mol. The first-order chi connectivity index (χ1) is 8.22. The summed E-state index contributed by atoms with van der Waals surface area (Å²) in [7, 11) is 1.86. The highest BCUT2D eigenvalue weighted by molar-refractivity contribution is 14.0. The molecule has 1 N–H and O–H groups in total. The first-order valence-electron chi connectivity index (χ1n) is 6.78. The fourth-order valence-electron chi connectivity index (χ4n) is 2.54. The highest BCUT2D eigenvalue weighted by atomic mass is 127. The Morgan fingerprint density at radius 1 is 1.21 bits per heavy atom. The van der Waals surface area contributed by atoms with Crippen LogP contribution >= 0.6 is 24.0 Å². The lowest BCUT2D eigenvalue weighted by molar-refractivity contribution is -0.0996. The van der Waals surface area contributed by atoms with Gasteiger partial charge in [0.1, 0.15) is 0 Å². The minimum Gasteiger partial charge on any atom is -0.380 e. The number of rotatable bonds is 2. The molecule has 2 rings (SSSR count). The molecular formula is C14H28IN3O. The molecule has 19 heavy (non-hydrogen) atoms. The molecule has 2 saturated heterocycles. The zero-order valence-electron chi connectivity index (χ0n) is 13.0. The number of hydrogen-bond donors (Lipinski definition) is 1. The van der Waals surface area contributed by atoms with Crippen molar-refractivity contribution in [3.05, 3.63) is 0 Å². The van der Waals surface area contributed by atoms with E-state index >= 15 is 0 Å². The van der Waals surface area contributed by atoms with Gasteiger partial charge in [0.15, 0.2) is 5.96 Å². The van der Waals surface area contributed by atoms with E-state index in [0.29, 0.717) is 5.41 Å². The molecule has 0 aromatic carbocycles. The van der Waals surface area contributed by atoms with Crippen LogP contribution in [-0.4, -0.2) is 49.7 Å². The van der Waals surface area contributed by atoms with Crippen LogP contribution in [0.5, 0.6) is 0 Å². The zero-order valence-corrected chi connectivity index (χ0v) is 15.4. The Labute approximate surface area is 134 Å². The molecule has 0 aliphatic carbocycles. The normalized spacial score (nSPS) is 26.8. The second-order valence-corrected chi connectivity index (χ2v) is 7.23. The zero-order chi connectivity index (χ0) is 13.6. The fraction of sp³-hybridized carbons (Fsp3) is 0.929. The molecule has 0 spiro atoms. The van der Waals surface area contributed by atoms with Gasteiger partial charge in [-0.05, 0) is 13.8 Å². The number of ether oxygens (including phenoxy) is 1. The van der Waals surface area contributed by atoms with Gasteiger partial charge in [0, 0.05) is 36.5 Å². The molecule has 0 unspecified atom stereocenters. The smallest absolute Gasteiger partial charge is 0.194 e. The number of nitrogens with one attached hydrogen (secondary N) is 1. The van der Waals surface area contributed by atoms with E-state index in [1.807, 2.05) is 7.05 Å². The van der Waals surface area contributed by atoms with Crippen LogP contribution in [0, 0.1) is 10.8 Å². The highest BCUT2D eigenvalue weighted by Crippen LogP contribution is 2.46. The van der Waals surface area contributed by atoms with Crippen molar-refractivity contribution >= 4 is 29.9 Å². The van der Waals surface area contributed by atoms with E-state index in [1.165, 1.54) is 0 Å². The Balaban J connectivity index is 0.00000180. The van der Waals surface area contributed by atoms with E-state index < -0.39 is 0 Å². The minimum absolute atomic E-state index is 0. The first-order valence-corrected chi connectivity index (χ1v) is 6.78.